The summed E-state index contributed by atoms with van der Waals surface area (Å²) in [6, 6.07) is 7.55. The summed E-state index contributed by atoms with van der Waals surface area (Å²) in [6.45, 7) is 3.86. The van der Waals surface area contributed by atoms with Gasteiger partial charge in [-0.3, -0.25) is 0 Å². The summed E-state index contributed by atoms with van der Waals surface area (Å²) in [4.78, 5) is 0. The van der Waals surface area contributed by atoms with E-state index in [4.69, 9.17) is 5.26 Å². The van der Waals surface area contributed by atoms with Crippen molar-refractivity contribution in [2.45, 2.75) is 13.8 Å². The molecule has 0 heterocycles. The first-order valence-corrected chi connectivity index (χ1v) is 7.25. The highest BCUT2D eigenvalue weighted by molar-refractivity contribution is 7.91. The largest absolute Gasteiger partial charge is 0.383 e. The number of nitriles is 1. The zero-order valence-electron chi connectivity index (χ0n) is 10.0. The van der Waals surface area contributed by atoms with Crippen LogP contribution in [0, 0.1) is 18.3 Å². The molecule has 0 unspecified atom stereocenters. The molecule has 1 aromatic carbocycles. The molecule has 0 atom stereocenters. The van der Waals surface area contributed by atoms with Gasteiger partial charge in [-0.2, -0.15) is 5.26 Å². The van der Waals surface area contributed by atoms with Gasteiger partial charge in [-0.15, -0.1) is 0 Å². The van der Waals surface area contributed by atoms with Crippen molar-refractivity contribution in [2.75, 3.05) is 23.4 Å². The van der Waals surface area contributed by atoms with Gasteiger partial charge >= 0.3 is 0 Å². The number of benzene rings is 1. The maximum absolute atomic E-state index is 11.3. The lowest BCUT2D eigenvalue weighted by Gasteiger charge is -2.08. The molecule has 0 aliphatic heterocycles. The van der Waals surface area contributed by atoms with Gasteiger partial charge in [0.25, 0.3) is 0 Å². The van der Waals surface area contributed by atoms with Gasteiger partial charge in [0.15, 0.2) is 9.84 Å². The van der Waals surface area contributed by atoms with Gasteiger partial charge in [0, 0.05) is 12.3 Å². The molecular weight excluding hydrogens is 236 g/mol. The molecule has 1 aromatic rings. The zero-order valence-corrected chi connectivity index (χ0v) is 10.8. The van der Waals surface area contributed by atoms with Crippen LogP contribution in [-0.2, 0) is 9.84 Å². The topological polar surface area (TPSA) is 70.0 Å². The molecule has 0 spiro atoms. The van der Waals surface area contributed by atoms with Crippen LogP contribution < -0.4 is 5.32 Å². The second-order valence-electron chi connectivity index (χ2n) is 3.82. The average molecular weight is 252 g/mol. The van der Waals surface area contributed by atoms with E-state index < -0.39 is 9.84 Å². The van der Waals surface area contributed by atoms with Gasteiger partial charge in [0.1, 0.15) is 6.07 Å². The van der Waals surface area contributed by atoms with Gasteiger partial charge < -0.3 is 5.32 Å². The lowest BCUT2D eigenvalue weighted by atomic mass is 10.1. The minimum atomic E-state index is -2.96. The third kappa shape index (κ3) is 4.08. The van der Waals surface area contributed by atoms with E-state index in [0.29, 0.717) is 17.8 Å². The summed E-state index contributed by atoms with van der Waals surface area (Å²) in [6.07, 6.45) is 0. The minimum Gasteiger partial charge on any atom is -0.383 e. The molecule has 0 bridgehead atoms. The molecule has 0 aliphatic carbocycles. The SMILES string of the molecule is CCS(=O)(=O)CCNc1ccc(C)cc1C#N. The number of anilines is 1. The van der Waals surface area contributed by atoms with Crippen molar-refractivity contribution in [3.63, 3.8) is 0 Å². The van der Waals surface area contributed by atoms with Crippen LogP contribution in [-0.4, -0.2) is 26.5 Å². The van der Waals surface area contributed by atoms with E-state index in [1.165, 1.54) is 0 Å². The molecule has 0 fully saturated rings. The Hall–Kier alpha value is -1.54. The number of hydrogen-bond acceptors (Lipinski definition) is 4. The predicted octanol–water partition coefficient (Wildman–Crippen LogP) is 1.71. The van der Waals surface area contributed by atoms with Crippen molar-refractivity contribution >= 4 is 15.5 Å². The quantitative estimate of drug-likeness (QED) is 0.866. The molecular formula is C12H16N2O2S. The molecule has 0 saturated heterocycles. The smallest absolute Gasteiger partial charge is 0.151 e. The Morgan fingerprint density at radius 1 is 1.41 bits per heavy atom. The molecule has 0 aliphatic rings. The Morgan fingerprint density at radius 2 is 2.12 bits per heavy atom. The molecule has 0 aromatic heterocycles. The van der Waals surface area contributed by atoms with Crippen molar-refractivity contribution in [3.8, 4) is 6.07 Å². The molecule has 0 saturated carbocycles. The van der Waals surface area contributed by atoms with Crippen molar-refractivity contribution < 1.29 is 8.42 Å². The molecule has 0 radical (unpaired) electrons. The third-order valence-corrected chi connectivity index (χ3v) is 4.17. The standard InChI is InChI=1S/C12H16N2O2S/c1-3-17(15,16)7-6-14-12-5-4-10(2)8-11(12)9-13/h4-5,8,14H,3,6-7H2,1-2H3. The molecule has 5 heteroatoms. The van der Waals surface area contributed by atoms with Crippen LogP contribution in [0.15, 0.2) is 18.2 Å². The summed E-state index contributed by atoms with van der Waals surface area (Å²) in [7, 11) is -2.96. The van der Waals surface area contributed by atoms with Crippen LogP contribution in [0.5, 0.6) is 0 Å². The molecule has 17 heavy (non-hydrogen) atoms. The maximum atomic E-state index is 11.3. The Balaban J connectivity index is 2.68. The predicted molar refractivity (Wildman–Crippen MR) is 68.7 cm³/mol. The Morgan fingerprint density at radius 3 is 2.71 bits per heavy atom. The highest BCUT2D eigenvalue weighted by Crippen LogP contribution is 2.15. The van der Waals surface area contributed by atoms with Crippen molar-refractivity contribution in [1.29, 1.82) is 5.26 Å². The Kier molecular flexibility index (Phi) is 4.53. The van der Waals surface area contributed by atoms with Crippen LogP contribution >= 0.6 is 0 Å². The van der Waals surface area contributed by atoms with E-state index in [2.05, 4.69) is 11.4 Å². The fourth-order valence-electron chi connectivity index (χ4n) is 1.39. The molecule has 4 nitrogen and oxygen atoms in total. The fraction of sp³-hybridized carbons (Fsp3) is 0.417. The second kappa shape index (κ2) is 5.69. The summed E-state index contributed by atoms with van der Waals surface area (Å²) < 4.78 is 22.6. The van der Waals surface area contributed by atoms with E-state index in [9.17, 15) is 8.42 Å². The van der Waals surface area contributed by atoms with Gasteiger partial charge in [0.2, 0.25) is 0 Å². The van der Waals surface area contributed by atoms with Crippen molar-refractivity contribution in [2.24, 2.45) is 0 Å². The number of sulfone groups is 1. The average Bonchev–Trinajstić information content (AvgIpc) is 2.30. The first-order valence-electron chi connectivity index (χ1n) is 5.43. The normalized spacial score (nSPS) is 10.9. The first-order chi connectivity index (χ1) is 7.98. The van der Waals surface area contributed by atoms with Crippen LogP contribution in [0.3, 0.4) is 0 Å². The highest BCUT2D eigenvalue weighted by Gasteiger charge is 2.07. The molecule has 92 valence electrons. The van der Waals surface area contributed by atoms with Crippen LogP contribution in [0.2, 0.25) is 0 Å². The van der Waals surface area contributed by atoms with Crippen molar-refractivity contribution in [1.82, 2.24) is 0 Å². The van der Waals surface area contributed by atoms with Crippen molar-refractivity contribution in [3.05, 3.63) is 29.3 Å². The van der Waals surface area contributed by atoms with E-state index in [1.54, 1.807) is 19.1 Å². The van der Waals surface area contributed by atoms with E-state index in [-0.39, 0.29) is 11.5 Å². The summed E-state index contributed by atoms with van der Waals surface area (Å²) in [5.41, 5.74) is 2.23. The van der Waals surface area contributed by atoms with Gasteiger partial charge in [-0.1, -0.05) is 13.0 Å². The fourth-order valence-corrected chi connectivity index (χ4v) is 2.09. The number of nitrogens with one attached hydrogen (secondary N) is 1. The minimum absolute atomic E-state index is 0.0856. The Bertz CT molecular complexity index is 530. The van der Waals surface area contributed by atoms with Gasteiger partial charge in [0.05, 0.1) is 17.0 Å². The number of rotatable bonds is 5. The summed E-state index contributed by atoms with van der Waals surface area (Å²) in [5, 5.41) is 11.9. The molecule has 1 rings (SSSR count). The maximum Gasteiger partial charge on any atom is 0.151 e. The van der Waals surface area contributed by atoms with E-state index in [1.807, 2.05) is 13.0 Å². The number of aryl methyl sites for hydroxylation is 1. The van der Waals surface area contributed by atoms with Crippen LogP contribution in [0.1, 0.15) is 18.1 Å². The zero-order chi connectivity index (χ0) is 12.9. The first kappa shape index (κ1) is 13.5. The Labute approximate surface area is 102 Å². The van der Waals surface area contributed by atoms with E-state index >= 15 is 0 Å². The second-order valence-corrected chi connectivity index (χ2v) is 6.30. The third-order valence-electron chi connectivity index (χ3n) is 2.46. The number of nitrogens with zero attached hydrogens (tertiary/aromatic N) is 1. The van der Waals surface area contributed by atoms with Crippen LogP contribution in [0.25, 0.3) is 0 Å². The molecule has 1 N–H and O–H groups in total. The highest BCUT2D eigenvalue weighted by atomic mass is 32.2. The monoisotopic (exact) mass is 252 g/mol. The lowest BCUT2D eigenvalue weighted by molar-refractivity contribution is 0.597. The van der Waals surface area contributed by atoms with Crippen LogP contribution in [0.4, 0.5) is 5.69 Å². The molecule has 0 amide bonds. The lowest BCUT2D eigenvalue weighted by Crippen LogP contribution is -2.17. The number of hydrogen-bond donors (Lipinski definition) is 1. The van der Waals surface area contributed by atoms with Gasteiger partial charge in [-0.05, 0) is 24.6 Å². The summed E-state index contributed by atoms with van der Waals surface area (Å²) in [5.74, 6) is 0.232. The van der Waals surface area contributed by atoms with E-state index in [0.717, 1.165) is 5.56 Å². The van der Waals surface area contributed by atoms with Gasteiger partial charge in [-0.25, -0.2) is 8.42 Å². The summed E-state index contributed by atoms with van der Waals surface area (Å²) >= 11 is 0.